The van der Waals surface area contributed by atoms with E-state index in [2.05, 4.69) is 31.2 Å². The number of fused-ring (bicyclic) bond motifs is 1. The Labute approximate surface area is 198 Å². The van der Waals surface area contributed by atoms with Crippen LogP contribution in [0.2, 0.25) is 0 Å². The number of benzene rings is 3. The van der Waals surface area contributed by atoms with Crippen LogP contribution in [0.1, 0.15) is 35.8 Å². The Bertz CT molecular complexity index is 1310. The third-order valence-corrected chi connectivity index (χ3v) is 5.84. The largest absolute Gasteiger partial charge is 0.497 e. The maximum absolute atomic E-state index is 11.3. The van der Waals surface area contributed by atoms with E-state index in [4.69, 9.17) is 19.6 Å². The zero-order valence-electron chi connectivity index (χ0n) is 19.5. The van der Waals surface area contributed by atoms with Crippen LogP contribution in [0.25, 0.3) is 22.1 Å². The molecule has 0 radical (unpaired) electrons. The van der Waals surface area contributed by atoms with E-state index in [9.17, 15) is 9.90 Å². The smallest absolute Gasteiger partial charge is 0.307 e. The van der Waals surface area contributed by atoms with Crippen LogP contribution in [0, 0.1) is 0 Å². The zero-order chi connectivity index (χ0) is 24.1. The second-order valence-corrected chi connectivity index (χ2v) is 8.20. The highest BCUT2D eigenvalue weighted by atomic mass is 16.5. The lowest BCUT2D eigenvalue weighted by Gasteiger charge is -2.13. The van der Waals surface area contributed by atoms with Crippen LogP contribution in [0.3, 0.4) is 0 Å². The lowest BCUT2D eigenvalue weighted by Crippen LogP contribution is -2.05. The first-order valence-electron chi connectivity index (χ1n) is 11.4. The average Bonchev–Trinajstić information content (AvgIpc) is 3.19. The number of aryl methyl sites for hydroxylation is 1. The van der Waals surface area contributed by atoms with Crippen LogP contribution in [-0.4, -0.2) is 18.2 Å². The maximum atomic E-state index is 11.3. The predicted octanol–water partition coefficient (Wildman–Crippen LogP) is 5.73. The molecule has 3 aromatic carbocycles. The number of carboxylic acid groups (broad SMARTS) is 1. The van der Waals surface area contributed by atoms with Crippen molar-refractivity contribution in [2.24, 2.45) is 5.73 Å². The maximum Gasteiger partial charge on any atom is 0.307 e. The van der Waals surface area contributed by atoms with E-state index < -0.39 is 5.97 Å². The van der Waals surface area contributed by atoms with Gasteiger partial charge in [-0.05, 0) is 47.4 Å². The SMILES string of the molecule is CCCc1oc2ccc(-c3cccc(CN)c3)cc2c1COc1cc(OC)ccc1CC(=O)O. The molecule has 34 heavy (non-hydrogen) atoms. The molecule has 3 N–H and O–H groups in total. The Hall–Kier alpha value is -3.77. The molecule has 0 unspecified atom stereocenters. The standard InChI is InChI=1S/C28H29NO5/c1-3-5-25-24(17-33-27-15-22(32-2)10-8-21(27)14-28(30)31)23-13-20(9-11-26(23)34-25)19-7-4-6-18(12-19)16-29/h4,6-13,15H,3,5,14,16-17,29H2,1-2H3,(H,30,31). The number of carboxylic acids is 1. The molecule has 0 fully saturated rings. The second-order valence-electron chi connectivity index (χ2n) is 8.20. The Morgan fingerprint density at radius 2 is 1.88 bits per heavy atom. The van der Waals surface area contributed by atoms with Gasteiger partial charge in [0.05, 0.1) is 13.5 Å². The van der Waals surface area contributed by atoms with Crippen molar-refractivity contribution in [2.75, 3.05) is 7.11 Å². The van der Waals surface area contributed by atoms with Crippen molar-refractivity contribution in [3.63, 3.8) is 0 Å². The molecule has 0 atom stereocenters. The molecule has 1 heterocycles. The molecule has 4 aromatic rings. The van der Waals surface area contributed by atoms with Crippen LogP contribution in [0.4, 0.5) is 0 Å². The van der Waals surface area contributed by atoms with Gasteiger partial charge in [0, 0.05) is 35.5 Å². The summed E-state index contributed by atoms with van der Waals surface area (Å²) in [6.07, 6.45) is 1.59. The first-order chi connectivity index (χ1) is 16.5. The van der Waals surface area contributed by atoms with Gasteiger partial charge in [-0.2, -0.15) is 0 Å². The van der Waals surface area contributed by atoms with E-state index in [1.807, 2.05) is 18.2 Å². The van der Waals surface area contributed by atoms with Crippen molar-refractivity contribution in [3.05, 3.63) is 83.1 Å². The van der Waals surface area contributed by atoms with Gasteiger partial charge in [-0.25, -0.2) is 0 Å². The number of hydrogen-bond donors (Lipinski definition) is 2. The fraction of sp³-hybridized carbons (Fsp3) is 0.250. The average molecular weight is 460 g/mol. The molecular weight excluding hydrogens is 430 g/mol. The molecule has 176 valence electrons. The summed E-state index contributed by atoms with van der Waals surface area (Å²) in [5.41, 5.74) is 11.4. The summed E-state index contributed by atoms with van der Waals surface area (Å²) >= 11 is 0. The third kappa shape index (κ3) is 5.07. The van der Waals surface area contributed by atoms with Gasteiger partial charge >= 0.3 is 5.97 Å². The molecule has 0 aliphatic rings. The number of furan rings is 1. The van der Waals surface area contributed by atoms with Crippen molar-refractivity contribution < 1.29 is 23.8 Å². The molecule has 0 spiro atoms. The van der Waals surface area contributed by atoms with Gasteiger partial charge in [-0.1, -0.05) is 37.3 Å². The highest BCUT2D eigenvalue weighted by Gasteiger charge is 2.17. The number of aliphatic carboxylic acids is 1. The fourth-order valence-electron chi connectivity index (χ4n) is 4.10. The minimum absolute atomic E-state index is 0.130. The minimum atomic E-state index is -0.917. The summed E-state index contributed by atoms with van der Waals surface area (Å²) in [6, 6.07) is 19.5. The molecule has 0 saturated heterocycles. The van der Waals surface area contributed by atoms with Crippen molar-refractivity contribution in [1.29, 1.82) is 0 Å². The third-order valence-electron chi connectivity index (χ3n) is 5.84. The molecule has 0 saturated carbocycles. The molecule has 1 aromatic heterocycles. The van der Waals surface area contributed by atoms with Crippen molar-refractivity contribution in [3.8, 4) is 22.6 Å². The van der Waals surface area contributed by atoms with Gasteiger partial charge in [0.25, 0.3) is 0 Å². The zero-order valence-corrected chi connectivity index (χ0v) is 19.5. The quantitative estimate of drug-likeness (QED) is 0.315. The van der Waals surface area contributed by atoms with E-state index in [1.54, 1.807) is 25.3 Å². The van der Waals surface area contributed by atoms with Gasteiger partial charge in [0.15, 0.2) is 0 Å². The summed E-state index contributed by atoms with van der Waals surface area (Å²) < 4.78 is 17.7. The topological polar surface area (TPSA) is 94.9 Å². The first kappa shape index (κ1) is 23.4. The fourth-order valence-corrected chi connectivity index (χ4v) is 4.10. The lowest BCUT2D eigenvalue weighted by molar-refractivity contribution is -0.136. The van der Waals surface area contributed by atoms with Crippen LogP contribution >= 0.6 is 0 Å². The Morgan fingerprint density at radius 1 is 1.06 bits per heavy atom. The van der Waals surface area contributed by atoms with Crippen molar-refractivity contribution in [1.82, 2.24) is 0 Å². The summed E-state index contributed by atoms with van der Waals surface area (Å²) in [5.74, 6) is 1.07. The number of hydrogen-bond acceptors (Lipinski definition) is 5. The predicted molar refractivity (Wildman–Crippen MR) is 132 cm³/mol. The van der Waals surface area contributed by atoms with Gasteiger partial charge in [0.1, 0.15) is 29.4 Å². The molecule has 6 heteroatoms. The summed E-state index contributed by atoms with van der Waals surface area (Å²) in [6.45, 7) is 2.85. The van der Waals surface area contributed by atoms with E-state index >= 15 is 0 Å². The molecule has 4 rings (SSSR count). The number of ether oxygens (including phenoxy) is 2. The Balaban J connectivity index is 1.72. The van der Waals surface area contributed by atoms with Gasteiger partial charge in [0.2, 0.25) is 0 Å². The number of carbonyl (C=O) groups is 1. The molecule has 0 amide bonds. The molecule has 6 nitrogen and oxygen atoms in total. The Morgan fingerprint density at radius 3 is 2.62 bits per heavy atom. The normalized spacial score (nSPS) is 11.0. The van der Waals surface area contributed by atoms with E-state index in [0.717, 1.165) is 51.8 Å². The van der Waals surface area contributed by atoms with E-state index in [0.29, 0.717) is 23.6 Å². The number of methoxy groups -OCH3 is 1. The van der Waals surface area contributed by atoms with Crippen molar-refractivity contribution in [2.45, 2.75) is 39.3 Å². The molecule has 0 aliphatic heterocycles. The van der Waals surface area contributed by atoms with Gasteiger partial charge < -0.3 is 24.7 Å². The highest BCUT2D eigenvalue weighted by Crippen LogP contribution is 2.33. The van der Waals surface area contributed by atoms with Gasteiger partial charge in [-0.3, -0.25) is 4.79 Å². The summed E-state index contributed by atoms with van der Waals surface area (Å²) in [7, 11) is 1.57. The monoisotopic (exact) mass is 459 g/mol. The van der Waals surface area contributed by atoms with Crippen LogP contribution in [0.5, 0.6) is 11.5 Å². The van der Waals surface area contributed by atoms with Crippen LogP contribution in [-0.2, 0) is 30.8 Å². The number of rotatable bonds is 10. The van der Waals surface area contributed by atoms with Crippen molar-refractivity contribution >= 4 is 16.9 Å². The Kier molecular flexibility index (Phi) is 7.18. The van der Waals surface area contributed by atoms with Gasteiger partial charge in [-0.15, -0.1) is 0 Å². The molecular formula is C28H29NO5. The minimum Gasteiger partial charge on any atom is -0.497 e. The van der Waals surface area contributed by atoms with Crippen LogP contribution < -0.4 is 15.2 Å². The first-order valence-corrected chi connectivity index (χ1v) is 11.4. The summed E-state index contributed by atoms with van der Waals surface area (Å²) in [4.78, 5) is 11.3. The highest BCUT2D eigenvalue weighted by molar-refractivity contribution is 5.87. The molecule has 0 aliphatic carbocycles. The van der Waals surface area contributed by atoms with Crippen LogP contribution in [0.15, 0.2) is 65.1 Å². The lowest BCUT2D eigenvalue weighted by atomic mass is 10.00. The molecule has 0 bridgehead atoms. The summed E-state index contributed by atoms with van der Waals surface area (Å²) in [5, 5.41) is 10.3. The van der Waals surface area contributed by atoms with E-state index in [-0.39, 0.29) is 13.0 Å². The number of nitrogens with two attached hydrogens (primary N) is 1. The second kappa shape index (κ2) is 10.4. The van der Waals surface area contributed by atoms with E-state index in [1.165, 1.54) is 0 Å².